The number of nitrogens with one attached hydrogen (secondary N) is 2. The van der Waals surface area contributed by atoms with E-state index in [9.17, 15) is 4.39 Å². The first-order valence-electron chi connectivity index (χ1n) is 9.92. The zero-order chi connectivity index (χ0) is 18.6. The Morgan fingerprint density at radius 1 is 1.00 bits per heavy atom. The molecule has 4 rings (SSSR count). The van der Waals surface area contributed by atoms with Gasteiger partial charge >= 0.3 is 0 Å². The predicted molar refractivity (Wildman–Crippen MR) is 107 cm³/mol. The van der Waals surface area contributed by atoms with Crippen molar-refractivity contribution in [2.45, 2.75) is 19.5 Å². The number of nitrogens with zero attached hydrogens (tertiary/aromatic N) is 2. The van der Waals surface area contributed by atoms with Crippen molar-refractivity contribution in [3.63, 3.8) is 0 Å². The molecule has 2 aliphatic heterocycles. The molecule has 4 nitrogen and oxygen atoms in total. The van der Waals surface area contributed by atoms with E-state index in [2.05, 4.69) is 51.8 Å². The van der Waals surface area contributed by atoms with Gasteiger partial charge in [-0.25, -0.2) is 9.82 Å². The summed E-state index contributed by atoms with van der Waals surface area (Å²) in [6.45, 7) is 9.59. The van der Waals surface area contributed by atoms with Gasteiger partial charge in [0.15, 0.2) is 0 Å². The van der Waals surface area contributed by atoms with Crippen LogP contribution in [0.3, 0.4) is 0 Å². The minimum absolute atomic E-state index is 0.162. The van der Waals surface area contributed by atoms with Crippen molar-refractivity contribution < 1.29 is 4.39 Å². The van der Waals surface area contributed by atoms with Crippen molar-refractivity contribution in [1.29, 1.82) is 0 Å². The highest BCUT2D eigenvalue weighted by Gasteiger charge is 2.31. The van der Waals surface area contributed by atoms with Crippen LogP contribution in [-0.4, -0.2) is 49.1 Å². The summed E-state index contributed by atoms with van der Waals surface area (Å²) in [4.78, 5) is 5.11. The Labute approximate surface area is 161 Å². The van der Waals surface area contributed by atoms with Crippen LogP contribution in [0.25, 0.3) is 0 Å². The van der Waals surface area contributed by atoms with Gasteiger partial charge in [-0.15, -0.1) is 0 Å². The smallest absolute Gasteiger partial charge is 0.123 e. The summed E-state index contributed by atoms with van der Waals surface area (Å²) in [5.41, 5.74) is 10.4. The van der Waals surface area contributed by atoms with Crippen molar-refractivity contribution in [1.82, 2.24) is 20.7 Å². The van der Waals surface area contributed by atoms with E-state index < -0.39 is 0 Å². The molecule has 0 aromatic heterocycles. The molecule has 2 fully saturated rings. The second-order valence-corrected chi connectivity index (χ2v) is 7.82. The fourth-order valence-corrected chi connectivity index (χ4v) is 4.25. The molecule has 0 aliphatic carbocycles. The maximum absolute atomic E-state index is 13.6. The maximum atomic E-state index is 13.6. The Morgan fingerprint density at radius 3 is 2.56 bits per heavy atom. The monoisotopic (exact) mass is 368 g/mol. The largest absolute Gasteiger partial charge is 0.300 e. The molecule has 0 bridgehead atoms. The van der Waals surface area contributed by atoms with E-state index in [4.69, 9.17) is 0 Å². The molecule has 2 aromatic carbocycles. The molecule has 27 heavy (non-hydrogen) atoms. The summed E-state index contributed by atoms with van der Waals surface area (Å²) in [5, 5.41) is 0. The van der Waals surface area contributed by atoms with Gasteiger partial charge in [-0.2, -0.15) is 0 Å². The molecule has 2 N–H and O–H groups in total. The Morgan fingerprint density at radius 2 is 1.78 bits per heavy atom. The van der Waals surface area contributed by atoms with E-state index in [1.807, 2.05) is 6.07 Å². The number of aryl methyl sites for hydroxylation is 1. The fraction of sp³-hybridized carbons (Fsp3) is 0.455. The first kappa shape index (κ1) is 18.6. The van der Waals surface area contributed by atoms with Gasteiger partial charge in [0, 0.05) is 51.7 Å². The van der Waals surface area contributed by atoms with Crippen LogP contribution in [0.2, 0.25) is 0 Å². The van der Waals surface area contributed by atoms with E-state index in [1.54, 1.807) is 12.1 Å². The molecule has 2 saturated heterocycles. The fourth-order valence-electron chi connectivity index (χ4n) is 4.25. The molecule has 144 valence electrons. The lowest BCUT2D eigenvalue weighted by atomic mass is 9.94. The molecule has 2 aliphatic rings. The van der Waals surface area contributed by atoms with Gasteiger partial charge < -0.3 is 4.90 Å². The highest BCUT2D eigenvalue weighted by Crippen LogP contribution is 2.26. The first-order valence-corrected chi connectivity index (χ1v) is 9.92. The van der Waals surface area contributed by atoms with Gasteiger partial charge in [-0.1, -0.05) is 36.4 Å². The minimum atomic E-state index is -0.162. The van der Waals surface area contributed by atoms with E-state index in [-0.39, 0.29) is 11.9 Å². The number of hydrazine groups is 1. The molecular weight excluding hydrogens is 339 g/mol. The number of benzene rings is 2. The third-order valence-electron chi connectivity index (χ3n) is 5.91. The second kappa shape index (κ2) is 8.48. The SMILES string of the molecule is Cc1ccccc1CN1CCN(CC2CNNC2c2cccc(F)c2)CC1. The van der Waals surface area contributed by atoms with Crippen LogP contribution in [0, 0.1) is 18.7 Å². The van der Waals surface area contributed by atoms with Crippen LogP contribution in [0.5, 0.6) is 0 Å². The lowest BCUT2D eigenvalue weighted by Crippen LogP contribution is -2.48. The third kappa shape index (κ3) is 4.55. The summed E-state index contributed by atoms with van der Waals surface area (Å²) in [7, 11) is 0. The highest BCUT2D eigenvalue weighted by atomic mass is 19.1. The Balaban J connectivity index is 1.30. The van der Waals surface area contributed by atoms with Crippen LogP contribution in [0.1, 0.15) is 22.7 Å². The average Bonchev–Trinajstić information content (AvgIpc) is 3.13. The van der Waals surface area contributed by atoms with Crippen LogP contribution in [-0.2, 0) is 6.54 Å². The van der Waals surface area contributed by atoms with Crippen molar-refractivity contribution in [2.75, 3.05) is 39.3 Å². The van der Waals surface area contributed by atoms with Gasteiger partial charge in [-0.3, -0.25) is 10.3 Å². The Bertz CT molecular complexity index is 757. The zero-order valence-corrected chi connectivity index (χ0v) is 16.0. The molecule has 2 heterocycles. The van der Waals surface area contributed by atoms with Crippen LogP contribution >= 0.6 is 0 Å². The predicted octanol–water partition coefficient (Wildman–Crippen LogP) is 2.72. The van der Waals surface area contributed by atoms with E-state index in [0.717, 1.165) is 51.4 Å². The molecule has 2 aromatic rings. The molecule has 0 saturated carbocycles. The summed E-state index contributed by atoms with van der Waals surface area (Å²) < 4.78 is 13.6. The second-order valence-electron chi connectivity index (χ2n) is 7.82. The first-order chi connectivity index (χ1) is 13.2. The van der Waals surface area contributed by atoms with Crippen molar-refractivity contribution in [2.24, 2.45) is 5.92 Å². The van der Waals surface area contributed by atoms with Crippen LogP contribution in [0.15, 0.2) is 48.5 Å². The van der Waals surface area contributed by atoms with Crippen molar-refractivity contribution >= 4 is 0 Å². The normalized spacial score (nSPS) is 24.4. The topological polar surface area (TPSA) is 30.5 Å². The van der Waals surface area contributed by atoms with Crippen LogP contribution in [0.4, 0.5) is 4.39 Å². The van der Waals surface area contributed by atoms with Gasteiger partial charge in [-0.05, 0) is 35.7 Å². The number of piperazine rings is 1. The number of hydrogen-bond donors (Lipinski definition) is 2. The molecule has 2 atom stereocenters. The summed E-state index contributed by atoms with van der Waals surface area (Å²) >= 11 is 0. The van der Waals surface area contributed by atoms with Crippen molar-refractivity contribution in [3.8, 4) is 0 Å². The number of rotatable bonds is 5. The summed E-state index contributed by atoms with van der Waals surface area (Å²) in [6, 6.07) is 15.8. The molecule has 0 amide bonds. The van der Waals surface area contributed by atoms with E-state index in [0.29, 0.717) is 5.92 Å². The van der Waals surface area contributed by atoms with E-state index >= 15 is 0 Å². The average molecular weight is 369 g/mol. The molecule has 5 heteroatoms. The van der Waals surface area contributed by atoms with E-state index in [1.165, 1.54) is 17.2 Å². The molecular formula is C22H29FN4. The summed E-state index contributed by atoms with van der Waals surface area (Å²) in [5.74, 6) is 0.291. The third-order valence-corrected chi connectivity index (χ3v) is 5.91. The molecule has 0 radical (unpaired) electrons. The lowest BCUT2D eigenvalue weighted by molar-refractivity contribution is 0.112. The van der Waals surface area contributed by atoms with Gasteiger partial charge in [0.1, 0.15) is 5.82 Å². The lowest BCUT2D eigenvalue weighted by Gasteiger charge is -2.36. The van der Waals surface area contributed by atoms with Crippen LogP contribution < -0.4 is 10.9 Å². The Hall–Kier alpha value is -1.79. The maximum Gasteiger partial charge on any atom is 0.123 e. The summed E-state index contributed by atoms with van der Waals surface area (Å²) in [6.07, 6.45) is 0. The quantitative estimate of drug-likeness (QED) is 0.850. The van der Waals surface area contributed by atoms with Crippen molar-refractivity contribution in [3.05, 3.63) is 71.0 Å². The molecule has 0 spiro atoms. The number of hydrogen-bond acceptors (Lipinski definition) is 4. The standard InChI is InChI=1S/C22H29FN4/c1-17-5-2-3-6-19(17)15-26-9-11-27(12-10-26)16-20-14-24-25-22(20)18-7-4-8-21(23)13-18/h2-8,13,20,22,24-25H,9-12,14-16H2,1H3. The molecule has 2 unspecified atom stereocenters. The zero-order valence-electron chi connectivity index (χ0n) is 16.0. The highest BCUT2D eigenvalue weighted by molar-refractivity contribution is 5.25. The van der Waals surface area contributed by atoms with Gasteiger partial charge in [0.25, 0.3) is 0 Å². The van der Waals surface area contributed by atoms with Gasteiger partial charge in [0.2, 0.25) is 0 Å². The minimum Gasteiger partial charge on any atom is -0.300 e. The Kier molecular flexibility index (Phi) is 5.83. The number of halogens is 1. The van der Waals surface area contributed by atoms with Gasteiger partial charge in [0.05, 0.1) is 6.04 Å².